The van der Waals surface area contributed by atoms with Crippen molar-refractivity contribution in [1.29, 1.82) is 0 Å². The van der Waals surface area contributed by atoms with Crippen LogP contribution in [0.15, 0.2) is 54.7 Å². The molecule has 5 rings (SSSR count). The van der Waals surface area contributed by atoms with Crippen LogP contribution in [0, 0.1) is 6.92 Å². The van der Waals surface area contributed by atoms with Crippen molar-refractivity contribution >= 4 is 11.7 Å². The summed E-state index contributed by atoms with van der Waals surface area (Å²) in [5.74, 6) is 1.45. The maximum absolute atomic E-state index is 13.4. The second kappa shape index (κ2) is 7.79. The van der Waals surface area contributed by atoms with Crippen LogP contribution in [0.1, 0.15) is 41.4 Å². The van der Waals surface area contributed by atoms with Gasteiger partial charge < -0.3 is 14.8 Å². The van der Waals surface area contributed by atoms with Crippen molar-refractivity contribution in [2.45, 2.75) is 31.6 Å². The molecule has 2 heterocycles. The zero-order valence-corrected chi connectivity index (χ0v) is 18.1. The molecule has 32 heavy (non-hydrogen) atoms. The molecule has 2 aliphatic rings. The number of fused-ring (bicyclic) bond motifs is 1. The zero-order chi connectivity index (χ0) is 22.3. The van der Waals surface area contributed by atoms with Gasteiger partial charge in [-0.3, -0.25) is 14.6 Å². The quantitative estimate of drug-likeness (QED) is 0.633. The van der Waals surface area contributed by atoms with E-state index in [2.05, 4.69) is 16.4 Å². The number of carbonyl (C=O) groups excluding carboxylic acids is 2. The van der Waals surface area contributed by atoms with Gasteiger partial charge in [-0.15, -0.1) is 0 Å². The number of hydrogen-bond acceptors (Lipinski definition) is 5. The predicted molar refractivity (Wildman–Crippen MR) is 122 cm³/mol. The van der Waals surface area contributed by atoms with Crippen molar-refractivity contribution in [3.63, 3.8) is 0 Å². The first-order chi connectivity index (χ1) is 15.5. The van der Waals surface area contributed by atoms with Crippen LogP contribution in [0.5, 0.6) is 11.5 Å². The number of nitrogens with one attached hydrogen (secondary N) is 1. The van der Waals surface area contributed by atoms with E-state index in [4.69, 9.17) is 9.47 Å². The van der Waals surface area contributed by atoms with Crippen LogP contribution in [-0.2, 0) is 16.6 Å². The monoisotopic (exact) mass is 430 g/mol. The molecule has 1 saturated carbocycles. The zero-order valence-electron chi connectivity index (χ0n) is 18.1. The van der Waals surface area contributed by atoms with E-state index in [0.717, 1.165) is 46.4 Å². The molecule has 0 saturated heterocycles. The first-order valence-corrected chi connectivity index (χ1v) is 10.7. The summed E-state index contributed by atoms with van der Waals surface area (Å²) in [4.78, 5) is 29.4. The number of hydrogen-bond donors (Lipinski definition) is 1. The Morgan fingerprint density at radius 2 is 1.88 bits per heavy atom. The minimum atomic E-state index is -0.428. The van der Waals surface area contributed by atoms with Gasteiger partial charge in [-0.05, 0) is 60.2 Å². The molecule has 1 amide bonds. The highest BCUT2D eigenvalue weighted by molar-refractivity contribution is 5.95. The Bertz CT molecular complexity index is 1220. The number of benzene rings is 2. The first-order valence-electron chi connectivity index (χ1n) is 10.7. The maximum Gasteiger partial charge on any atom is 0.269 e. The Labute approximate surface area is 188 Å². The van der Waals surface area contributed by atoms with Crippen LogP contribution >= 0.6 is 0 Å². The lowest BCUT2D eigenvalue weighted by atomic mass is 9.87. The van der Waals surface area contributed by atoms with Gasteiger partial charge in [-0.25, -0.2) is 0 Å². The summed E-state index contributed by atoms with van der Waals surface area (Å²) in [7, 11) is 1.58. The number of rotatable bonds is 6. The second-order valence-corrected chi connectivity index (χ2v) is 8.41. The molecule has 1 fully saturated rings. The van der Waals surface area contributed by atoms with Crippen molar-refractivity contribution in [3.8, 4) is 22.6 Å². The molecule has 6 heteroatoms. The SMILES string of the molecule is CNC(=O)c1ccc(-c2cc(CC(=O)C3(c4ccc5c(c4)OCO5)CC3)ccc2C)cn1.[HH]. The normalized spacial score (nSPS) is 15.3. The van der Waals surface area contributed by atoms with E-state index >= 15 is 0 Å². The van der Waals surface area contributed by atoms with Crippen molar-refractivity contribution < 1.29 is 20.5 Å². The Balaban J connectivity index is 0.00000259. The lowest BCUT2D eigenvalue weighted by molar-refractivity contribution is -0.120. The molecule has 0 unspecified atom stereocenters. The fraction of sp³-hybridized carbons (Fsp3) is 0.269. The number of ketones is 1. The van der Waals surface area contributed by atoms with E-state index in [1.54, 1.807) is 19.3 Å². The van der Waals surface area contributed by atoms with E-state index in [9.17, 15) is 9.59 Å². The molecule has 0 bridgehead atoms. The summed E-state index contributed by atoms with van der Waals surface area (Å²) < 4.78 is 10.9. The Morgan fingerprint density at radius 3 is 2.59 bits per heavy atom. The molecule has 164 valence electrons. The largest absolute Gasteiger partial charge is 0.454 e. The van der Waals surface area contributed by atoms with Crippen LogP contribution in [0.3, 0.4) is 0 Å². The number of aryl methyl sites for hydroxylation is 1. The van der Waals surface area contributed by atoms with Gasteiger partial charge >= 0.3 is 0 Å². The molecule has 2 aromatic carbocycles. The van der Waals surface area contributed by atoms with Gasteiger partial charge in [0.25, 0.3) is 5.91 Å². The number of carbonyl (C=O) groups is 2. The predicted octanol–water partition coefficient (Wildman–Crippen LogP) is 4.23. The average molecular weight is 431 g/mol. The maximum atomic E-state index is 13.4. The van der Waals surface area contributed by atoms with Crippen molar-refractivity contribution in [2.75, 3.05) is 13.8 Å². The average Bonchev–Trinajstić information content (AvgIpc) is 3.50. The third-order valence-corrected chi connectivity index (χ3v) is 6.41. The van der Waals surface area contributed by atoms with Crippen molar-refractivity contribution in [2.24, 2.45) is 0 Å². The van der Waals surface area contributed by atoms with Crippen molar-refractivity contribution in [3.05, 3.63) is 77.1 Å². The lowest BCUT2D eigenvalue weighted by Gasteiger charge is -2.16. The van der Waals surface area contributed by atoms with E-state index in [1.807, 2.05) is 43.3 Å². The van der Waals surface area contributed by atoms with Gasteiger partial charge in [-0.2, -0.15) is 0 Å². The minimum Gasteiger partial charge on any atom is -0.454 e. The van der Waals surface area contributed by atoms with Crippen LogP contribution in [-0.4, -0.2) is 30.5 Å². The lowest BCUT2D eigenvalue weighted by Crippen LogP contribution is -2.22. The highest BCUT2D eigenvalue weighted by Crippen LogP contribution is 2.51. The van der Waals surface area contributed by atoms with Crippen LogP contribution in [0.4, 0.5) is 0 Å². The molecule has 0 atom stereocenters. The fourth-order valence-electron chi connectivity index (χ4n) is 4.31. The van der Waals surface area contributed by atoms with Crippen LogP contribution in [0.2, 0.25) is 0 Å². The minimum absolute atomic E-state index is 0. The van der Waals surface area contributed by atoms with Crippen LogP contribution < -0.4 is 14.8 Å². The Morgan fingerprint density at radius 1 is 1.06 bits per heavy atom. The molecular weight excluding hydrogens is 404 g/mol. The van der Waals surface area contributed by atoms with Gasteiger partial charge in [-0.1, -0.05) is 30.3 Å². The first kappa shape index (κ1) is 20.2. The molecular formula is C26H26N2O4. The summed E-state index contributed by atoms with van der Waals surface area (Å²) in [5, 5.41) is 2.58. The Kier molecular flexibility index (Phi) is 4.93. The van der Waals surface area contributed by atoms with Gasteiger partial charge in [0.15, 0.2) is 11.5 Å². The number of nitrogens with zero attached hydrogens (tertiary/aromatic N) is 1. The molecule has 1 aliphatic carbocycles. The molecule has 0 spiro atoms. The number of amides is 1. The highest BCUT2D eigenvalue weighted by atomic mass is 16.7. The summed E-state index contributed by atoms with van der Waals surface area (Å²) >= 11 is 0. The third kappa shape index (κ3) is 3.51. The molecule has 1 N–H and O–H groups in total. The van der Waals surface area contributed by atoms with E-state index in [-0.39, 0.29) is 19.9 Å². The number of ether oxygens (including phenoxy) is 2. The molecule has 6 nitrogen and oxygen atoms in total. The highest BCUT2D eigenvalue weighted by Gasteiger charge is 2.50. The van der Waals surface area contributed by atoms with Crippen LogP contribution in [0.25, 0.3) is 11.1 Å². The van der Waals surface area contributed by atoms with Crippen molar-refractivity contribution in [1.82, 2.24) is 10.3 Å². The molecule has 1 aliphatic heterocycles. The topological polar surface area (TPSA) is 77.5 Å². The summed E-state index contributed by atoms with van der Waals surface area (Å²) in [6.45, 7) is 2.26. The standard InChI is InChI=1S/C26H24N2O4.H2/c1-16-3-4-17(11-20(16)18-5-7-21(28-14-18)25(30)27-2)12-24(29)26(9-10-26)19-6-8-22-23(13-19)32-15-31-22;/h3-8,11,13-14H,9-10,12,15H2,1-2H3,(H,27,30);1H. The number of pyridine rings is 1. The van der Waals surface area contributed by atoms with Gasteiger partial charge in [0.05, 0.1) is 5.41 Å². The summed E-state index contributed by atoms with van der Waals surface area (Å²) in [6, 6.07) is 15.5. The second-order valence-electron chi connectivity index (χ2n) is 8.41. The summed E-state index contributed by atoms with van der Waals surface area (Å²) in [5.41, 5.74) is 4.95. The van der Waals surface area contributed by atoms with E-state index < -0.39 is 5.41 Å². The number of aromatic nitrogens is 1. The smallest absolute Gasteiger partial charge is 0.269 e. The molecule has 3 aromatic rings. The van der Waals surface area contributed by atoms with Gasteiger partial charge in [0, 0.05) is 26.7 Å². The fourth-order valence-corrected chi connectivity index (χ4v) is 4.31. The molecule has 1 aromatic heterocycles. The van der Waals surface area contributed by atoms with E-state index in [1.165, 1.54) is 0 Å². The van der Waals surface area contributed by atoms with E-state index in [0.29, 0.717) is 17.9 Å². The Hall–Kier alpha value is -3.67. The van der Waals surface area contributed by atoms with Gasteiger partial charge in [0.2, 0.25) is 6.79 Å². The third-order valence-electron chi connectivity index (χ3n) is 6.41. The molecule has 0 radical (unpaired) electrons. The van der Waals surface area contributed by atoms with Gasteiger partial charge in [0.1, 0.15) is 11.5 Å². The number of Topliss-reactive ketones (excluding diaryl/α,β-unsaturated/α-hetero) is 1. The summed E-state index contributed by atoms with van der Waals surface area (Å²) in [6.07, 6.45) is 3.78.